The molecule has 1 rings (SSSR count). The van der Waals surface area contributed by atoms with Crippen LogP contribution in [0.1, 0.15) is 37.8 Å². The number of rotatable bonds is 8. The van der Waals surface area contributed by atoms with E-state index in [0.29, 0.717) is 24.8 Å². The lowest BCUT2D eigenvalue weighted by Crippen LogP contribution is -2.36. The van der Waals surface area contributed by atoms with E-state index in [1.807, 2.05) is 6.07 Å². The number of ether oxygens (including phenoxy) is 1. The largest absolute Gasteiger partial charge is 0.383 e. The van der Waals surface area contributed by atoms with Crippen LogP contribution in [0.4, 0.5) is 4.39 Å². The summed E-state index contributed by atoms with van der Waals surface area (Å²) in [5.74, 6) is -0.400. The Balaban J connectivity index is 2.91. The Bertz CT molecular complexity index is 452. The zero-order chi connectivity index (χ0) is 15.0. The third-order valence-electron chi connectivity index (χ3n) is 3.61. The van der Waals surface area contributed by atoms with E-state index in [9.17, 15) is 4.39 Å². The number of halogens is 1. The van der Waals surface area contributed by atoms with Gasteiger partial charge in [-0.1, -0.05) is 26.0 Å². The fraction of sp³-hybridized carbons (Fsp3) is 0.562. The summed E-state index contributed by atoms with van der Waals surface area (Å²) in [5.41, 5.74) is 0.686. The molecule has 1 aromatic rings. The normalized spacial score (nSPS) is 11.1. The Kier molecular flexibility index (Phi) is 7.21. The Labute approximate surface area is 121 Å². The van der Waals surface area contributed by atoms with Gasteiger partial charge in [0.15, 0.2) is 0 Å². The van der Waals surface area contributed by atoms with E-state index in [0.717, 1.165) is 19.4 Å². The number of nitriles is 1. The Morgan fingerprint density at radius 3 is 2.60 bits per heavy atom. The zero-order valence-electron chi connectivity index (χ0n) is 12.5. The van der Waals surface area contributed by atoms with Gasteiger partial charge < -0.3 is 4.74 Å². The van der Waals surface area contributed by atoms with Crippen LogP contribution in [-0.2, 0) is 11.3 Å². The minimum Gasteiger partial charge on any atom is -0.383 e. The maximum atomic E-state index is 14.1. The average Bonchev–Trinajstić information content (AvgIpc) is 2.47. The summed E-state index contributed by atoms with van der Waals surface area (Å²) in [4.78, 5) is 2.23. The van der Waals surface area contributed by atoms with Crippen molar-refractivity contribution in [2.45, 2.75) is 39.3 Å². The molecule has 110 valence electrons. The van der Waals surface area contributed by atoms with Crippen molar-refractivity contribution in [3.05, 3.63) is 35.1 Å². The van der Waals surface area contributed by atoms with Crippen LogP contribution in [0.25, 0.3) is 0 Å². The predicted molar refractivity (Wildman–Crippen MR) is 77.8 cm³/mol. The second-order valence-corrected chi connectivity index (χ2v) is 4.82. The first-order valence-corrected chi connectivity index (χ1v) is 7.08. The second-order valence-electron chi connectivity index (χ2n) is 4.82. The third kappa shape index (κ3) is 4.29. The number of nitrogens with zero attached hydrogens (tertiary/aromatic N) is 2. The lowest BCUT2D eigenvalue weighted by molar-refractivity contribution is 0.109. The van der Waals surface area contributed by atoms with E-state index in [1.165, 1.54) is 6.07 Å². The van der Waals surface area contributed by atoms with Crippen molar-refractivity contribution in [2.24, 2.45) is 0 Å². The van der Waals surface area contributed by atoms with Crippen LogP contribution in [0.5, 0.6) is 0 Å². The fourth-order valence-corrected chi connectivity index (χ4v) is 2.41. The van der Waals surface area contributed by atoms with Crippen molar-refractivity contribution in [3.8, 4) is 6.07 Å². The monoisotopic (exact) mass is 278 g/mol. The first-order valence-electron chi connectivity index (χ1n) is 7.08. The number of methoxy groups -OCH3 is 1. The average molecular weight is 278 g/mol. The maximum absolute atomic E-state index is 14.1. The van der Waals surface area contributed by atoms with Crippen LogP contribution >= 0.6 is 0 Å². The van der Waals surface area contributed by atoms with Crippen molar-refractivity contribution < 1.29 is 9.13 Å². The van der Waals surface area contributed by atoms with Gasteiger partial charge in [-0.05, 0) is 18.9 Å². The molecule has 0 fully saturated rings. The van der Waals surface area contributed by atoms with Crippen LogP contribution in [0, 0.1) is 17.1 Å². The van der Waals surface area contributed by atoms with E-state index >= 15 is 0 Å². The van der Waals surface area contributed by atoms with Crippen LogP contribution in [0.15, 0.2) is 18.2 Å². The molecule has 0 amide bonds. The van der Waals surface area contributed by atoms with Gasteiger partial charge in [0.05, 0.1) is 12.2 Å². The molecule has 0 saturated carbocycles. The summed E-state index contributed by atoms with van der Waals surface area (Å²) in [7, 11) is 1.67. The van der Waals surface area contributed by atoms with Gasteiger partial charge in [0.1, 0.15) is 11.9 Å². The van der Waals surface area contributed by atoms with E-state index in [1.54, 1.807) is 19.2 Å². The van der Waals surface area contributed by atoms with Crippen molar-refractivity contribution in [2.75, 3.05) is 20.3 Å². The molecule has 0 bridgehead atoms. The van der Waals surface area contributed by atoms with E-state index in [2.05, 4.69) is 18.7 Å². The van der Waals surface area contributed by atoms with Gasteiger partial charge in [-0.3, -0.25) is 4.90 Å². The van der Waals surface area contributed by atoms with Crippen molar-refractivity contribution in [1.82, 2.24) is 4.90 Å². The Hall–Kier alpha value is -1.44. The van der Waals surface area contributed by atoms with Gasteiger partial charge in [-0.25, -0.2) is 4.39 Å². The van der Waals surface area contributed by atoms with Crippen LogP contribution in [-0.4, -0.2) is 31.2 Å². The topological polar surface area (TPSA) is 36.3 Å². The van der Waals surface area contributed by atoms with Gasteiger partial charge >= 0.3 is 0 Å². The quantitative estimate of drug-likeness (QED) is 0.731. The molecule has 20 heavy (non-hydrogen) atoms. The SMILES string of the molecule is CCC(CC)N(CCOC)Cc1cccc(C#N)c1F. The first-order chi connectivity index (χ1) is 9.67. The predicted octanol–water partition coefficient (Wildman–Crippen LogP) is 3.33. The molecule has 0 unspecified atom stereocenters. The molecule has 1 aromatic carbocycles. The number of benzene rings is 1. The fourth-order valence-electron chi connectivity index (χ4n) is 2.41. The van der Waals surface area contributed by atoms with E-state index in [4.69, 9.17) is 10.00 Å². The number of hydrogen-bond acceptors (Lipinski definition) is 3. The molecule has 0 spiro atoms. The van der Waals surface area contributed by atoms with Crippen LogP contribution in [0.2, 0.25) is 0 Å². The molecule has 3 nitrogen and oxygen atoms in total. The van der Waals surface area contributed by atoms with Crippen molar-refractivity contribution in [1.29, 1.82) is 5.26 Å². The second kappa shape index (κ2) is 8.68. The lowest BCUT2D eigenvalue weighted by atomic mass is 10.1. The molecule has 0 radical (unpaired) electrons. The van der Waals surface area contributed by atoms with Crippen LogP contribution < -0.4 is 0 Å². The highest BCUT2D eigenvalue weighted by Gasteiger charge is 2.17. The molecule has 0 aliphatic heterocycles. The highest BCUT2D eigenvalue weighted by Crippen LogP contribution is 2.18. The minimum atomic E-state index is -0.400. The lowest BCUT2D eigenvalue weighted by Gasteiger charge is -2.30. The van der Waals surface area contributed by atoms with E-state index in [-0.39, 0.29) is 5.56 Å². The molecule has 0 atom stereocenters. The molecule has 0 aliphatic carbocycles. The maximum Gasteiger partial charge on any atom is 0.145 e. The summed E-state index contributed by atoms with van der Waals surface area (Å²) < 4.78 is 19.3. The molecule has 0 aromatic heterocycles. The standard InChI is InChI=1S/C16H23FN2O/c1-4-15(5-2)19(9-10-20-3)12-14-8-6-7-13(11-18)16(14)17/h6-8,15H,4-5,9-10,12H2,1-3H3. The molecule has 0 N–H and O–H groups in total. The smallest absolute Gasteiger partial charge is 0.145 e. The highest BCUT2D eigenvalue weighted by atomic mass is 19.1. The van der Waals surface area contributed by atoms with Gasteiger partial charge in [0, 0.05) is 31.8 Å². The zero-order valence-corrected chi connectivity index (χ0v) is 12.5. The summed E-state index contributed by atoms with van der Waals surface area (Å²) in [6.07, 6.45) is 2.03. The Morgan fingerprint density at radius 2 is 2.05 bits per heavy atom. The molecule has 0 heterocycles. The van der Waals surface area contributed by atoms with Crippen molar-refractivity contribution >= 4 is 0 Å². The molecular formula is C16H23FN2O. The van der Waals surface area contributed by atoms with Gasteiger partial charge in [0.2, 0.25) is 0 Å². The highest BCUT2D eigenvalue weighted by molar-refractivity contribution is 5.34. The van der Waals surface area contributed by atoms with Gasteiger partial charge in [-0.2, -0.15) is 5.26 Å². The molecule has 0 aliphatic rings. The molecule has 0 saturated heterocycles. The summed E-state index contributed by atoms with van der Waals surface area (Å²) >= 11 is 0. The van der Waals surface area contributed by atoms with Gasteiger partial charge in [-0.15, -0.1) is 0 Å². The third-order valence-corrected chi connectivity index (χ3v) is 3.61. The van der Waals surface area contributed by atoms with E-state index < -0.39 is 5.82 Å². The van der Waals surface area contributed by atoms with Gasteiger partial charge in [0.25, 0.3) is 0 Å². The minimum absolute atomic E-state index is 0.110. The molecule has 4 heteroatoms. The summed E-state index contributed by atoms with van der Waals surface area (Å²) in [6, 6.07) is 7.28. The van der Waals surface area contributed by atoms with Crippen LogP contribution in [0.3, 0.4) is 0 Å². The first kappa shape index (κ1) is 16.6. The molecular weight excluding hydrogens is 255 g/mol. The Morgan fingerprint density at radius 1 is 1.35 bits per heavy atom. The summed E-state index contributed by atoms with van der Waals surface area (Å²) in [6.45, 7) is 6.16. The number of hydrogen-bond donors (Lipinski definition) is 0. The summed E-state index contributed by atoms with van der Waals surface area (Å²) in [5, 5.41) is 8.90. The van der Waals surface area contributed by atoms with Crippen molar-refractivity contribution in [3.63, 3.8) is 0 Å².